The van der Waals surface area contributed by atoms with E-state index >= 15 is 0 Å². The van der Waals surface area contributed by atoms with Crippen LogP contribution >= 0.6 is 0 Å². The zero-order valence-corrected chi connectivity index (χ0v) is 18.6. The molecule has 1 aliphatic rings. The Morgan fingerprint density at radius 3 is 2.52 bits per heavy atom. The van der Waals surface area contributed by atoms with Gasteiger partial charge < -0.3 is 21.7 Å². The highest BCUT2D eigenvalue weighted by atomic mass is 16.2. The van der Waals surface area contributed by atoms with Gasteiger partial charge in [-0.15, -0.1) is 0 Å². The van der Waals surface area contributed by atoms with Crippen molar-refractivity contribution in [1.82, 2.24) is 9.47 Å². The molecule has 0 aliphatic carbocycles. The van der Waals surface area contributed by atoms with Crippen LogP contribution in [0.15, 0.2) is 60.8 Å². The van der Waals surface area contributed by atoms with Crippen molar-refractivity contribution < 1.29 is 14.4 Å². The molecule has 0 saturated carbocycles. The lowest BCUT2D eigenvalue weighted by molar-refractivity contribution is -0.122. The van der Waals surface area contributed by atoms with Gasteiger partial charge in [-0.3, -0.25) is 9.36 Å². The summed E-state index contributed by atoms with van der Waals surface area (Å²) >= 11 is 0. The highest BCUT2D eigenvalue weighted by Crippen LogP contribution is 2.28. The molecule has 0 spiro atoms. The summed E-state index contributed by atoms with van der Waals surface area (Å²) in [6, 6.07) is 15.3. The summed E-state index contributed by atoms with van der Waals surface area (Å²) < 4.78 is 1.29. The number of urea groups is 1. The van der Waals surface area contributed by atoms with Crippen LogP contribution in [-0.4, -0.2) is 45.9 Å². The number of fused-ring (bicyclic) bond motifs is 1. The molecule has 172 valence electrons. The van der Waals surface area contributed by atoms with E-state index in [0.29, 0.717) is 42.4 Å². The van der Waals surface area contributed by atoms with Crippen molar-refractivity contribution in [3.8, 4) is 0 Å². The van der Waals surface area contributed by atoms with Crippen molar-refractivity contribution in [3.05, 3.63) is 66.4 Å². The number of carbonyl (C=O) groups excluding carboxylic acids is 3. The van der Waals surface area contributed by atoms with E-state index in [-0.39, 0.29) is 17.7 Å². The Morgan fingerprint density at radius 1 is 1.09 bits per heavy atom. The van der Waals surface area contributed by atoms with Crippen molar-refractivity contribution in [2.75, 3.05) is 11.9 Å². The number of para-hydroxylation sites is 1. The van der Waals surface area contributed by atoms with Crippen LogP contribution in [0.2, 0.25) is 0 Å². The van der Waals surface area contributed by atoms with Gasteiger partial charge in [0.15, 0.2) is 5.78 Å². The van der Waals surface area contributed by atoms with Gasteiger partial charge in [0.05, 0.1) is 17.2 Å². The second-order valence-corrected chi connectivity index (χ2v) is 8.68. The monoisotopic (exact) mass is 447 g/mol. The van der Waals surface area contributed by atoms with Crippen LogP contribution in [0.4, 0.5) is 15.3 Å². The van der Waals surface area contributed by atoms with Crippen LogP contribution in [-0.2, 0) is 4.79 Å². The quantitative estimate of drug-likeness (QED) is 0.533. The molecule has 2 heterocycles. The molecule has 33 heavy (non-hydrogen) atoms. The minimum atomic E-state index is -0.643. The maximum atomic E-state index is 13.1. The predicted molar refractivity (Wildman–Crippen MR) is 128 cm³/mol. The van der Waals surface area contributed by atoms with E-state index in [0.717, 1.165) is 0 Å². The number of aromatic nitrogens is 1. The minimum absolute atomic E-state index is 0.0143. The van der Waals surface area contributed by atoms with Crippen LogP contribution in [0.3, 0.4) is 0 Å². The van der Waals surface area contributed by atoms with Crippen LogP contribution in [0.1, 0.15) is 37.7 Å². The lowest BCUT2D eigenvalue weighted by Gasteiger charge is -2.24. The maximum Gasteiger partial charge on any atom is 0.323 e. The fraction of sp³-hybridized carbons (Fsp3) is 0.320. The summed E-state index contributed by atoms with van der Waals surface area (Å²) in [6.45, 7) is 2.40. The molecule has 3 amide bonds. The van der Waals surface area contributed by atoms with E-state index < -0.39 is 18.1 Å². The van der Waals surface area contributed by atoms with Gasteiger partial charge in [0.25, 0.3) is 0 Å². The molecule has 1 saturated heterocycles. The van der Waals surface area contributed by atoms with Gasteiger partial charge in [0, 0.05) is 30.6 Å². The van der Waals surface area contributed by atoms with Gasteiger partial charge in [-0.2, -0.15) is 0 Å². The lowest BCUT2D eigenvalue weighted by atomic mass is 9.93. The van der Waals surface area contributed by atoms with E-state index in [2.05, 4.69) is 24.4 Å². The molecule has 0 radical (unpaired) electrons. The average Bonchev–Trinajstić information content (AvgIpc) is 3.39. The van der Waals surface area contributed by atoms with Gasteiger partial charge in [-0.05, 0) is 30.4 Å². The number of carbonyl (C=O) groups is 3. The van der Waals surface area contributed by atoms with Gasteiger partial charge in [0.1, 0.15) is 0 Å². The number of nitrogens with two attached hydrogens (primary N) is 2. The van der Waals surface area contributed by atoms with Crippen molar-refractivity contribution in [3.63, 3.8) is 0 Å². The molecule has 3 aromatic rings. The number of anilines is 1. The Kier molecular flexibility index (Phi) is 6.46. The van der Waals surface area contributed by atoms with Crippen molar-refractivity contribution in [2.45, 2.75) is 44.2 Å². The van der Waals surface area contributed by atoms with E-state index in [4.69, 9.17) is 11.5 Å². The fourth-order valence-electron chi connectivity index (χ4n) is 4.52. The topological polar surface area (TPSA) is 123 Å². The van der Waals surface area contributed by atoms with Crippen molar-refractivity contribution in [1.29, 1.82) is 0 Å². The zero-order valence-electron chi connectivity index (χ0n) is 18.6. The Labute approximate surface area is 192 Å². The minimum Gasteiger partial charge on any atom is -0.351 e. The number of primary amides is 1. The summed E-state index contributed by atoms with van der Waals surface area (Å²) in [5.41, 5.74) is 13.8. The van der Waals surface area contributed by atoms with Crippen molar-refractivity contribution in [2.24, 2.45) is 11.5 Å². The third kappa shape index (κ3) is 4.75. The molecular weight excluding hydrogens is 418 g/mol. The Morgan fingerprint density at radius 2 is 1.79 bits per heavy atom. The molecule has 4 rings (SSSR count). The second kappa shape index (κ2) is 9.46. The lowest BCUT2D eigenvalue weighted by Crippen LogP contribution is -2.43. The van der Waals surface area contributed by atoms with Gasteiger partial charge in [-0.25, -0.2) is 9.59 Å². The largest absolute Gasteiger partial charge is 0.351 e. The third-order valence-corrected chi connectivity index (χ3v) is 6.35. The average molecular weight is 448 g/mol. The van der Waals surface area contributed by atoms with E-state index in [9.17, 15) is 14.4 Å². The highest BCUT2D eigenvalue weighted by Gasteiger charge is 2.38. The Hall–Kier alpha value is -3.65. The number of benzene rings is 2. The van der Waals surface area contributed by atoms with Crippen molar-refractivity contribution >= 4 is 34.4 Å². The maximum absolute atomic E-state index is 13.1. The molecule has 1 aliphatic heterocycles. The number of rotatable bonds is 6. The first-order valence-electron chi connectivity index (χ1n) is 11.2. The number of nitrogens with one attached hydrogen (secondary N) is 1. The number of ketones is 1. The number of hydrogen-bond acceptors (Lipinski definition) is 4. The molecule has 1 aromatic heterocycles. The van der Waals surface area contributed by atoms with E-state index in [1.165, 1.54) is 21.2 Å². The molecule has 2 aromatic carbocycles. The first kappa shape index (κ1) is 22.5. The Bertz CT molecular complexity index is 1170. The van der Waals surface area contributed by atoms with Crippen LogP contribution in [0.5, 0.6) is 0 Å². The molecule has 5 N–H and O–H groups in total. The van der Waals surface area contributed by atoms with E-state index in [1.54, 1.807) is 18.2 Å². The zero-order chi connectivity index (χ0) is 23.5. The predicted octanol–water partition coefficient (Wildman–Crippen LogP) is 3.65. The highest BCUT2D eigenvalue weighted by molar-refractivity contribution is 6.05. The van der Waals surface area contributed by atoms with Crippen LogP contribution in [0.25, 0.3) is 10.9 Å². The standard InChI is InChI=1S/C25H29N5O3/c1-16(17-7-3-2-4-8-17)11-12-23(31)22-13-18(26)14-30(22)25(33)28-20-15-29(24(27)32)21-10-6-5-9-19(20)21/h2-10,15-16,18,22H,11-14,26H2,1H3,(H2,27,32)(H,28,33)/t16-,18+,22+/m1/s1. The summed E-state index contributed by atoms with van der Waals surface area (Å²) in [4.78, 5) is 39.5. The fourth-order valence-corrected chi connectivity index (χ4v) is 4.52. The normalized spacial score (nSPS) is 18.9. The molecule has 1 fully saturated rings. The molecule has 8 nitrogen and oxygen atoms in total. The molecule has 3 atom stereocenters. The number of nitrogens with zero attached hydrogens (tertiary/aromatic N) is 2. The molecule has 0 unspecified atom stereocenters. The summed E-state index contributed by atoms with van der Waals surface area (Å²) in [6.07, 6.45) is 3.02. The number of amides is 3. The van der Waals surface area contributed by atoms with Gasteiger partial charge >= 0.3 is 12.1 Å². The second-order valence-electron chi connectivity index (χ2n) is 8.68. The van der Waals surface area contributed by atoms with Crippen LogP contribution in [0, 0.1) is 0 Å². The first-order valence-corrected chi connectivity index (χ1v) is 11.2. The summed E-state index contributed by atoms with van der Waals surface area (Å²) in [5, 5.41) is 3.54. The van der Waals surface area contributed by atoms with E-state index in [1.807, 2.05) is 24.3 Å². The van der Waals surface area contributed by atoms with Gasteiger partial charge in [-0.1, -0.05) is 55.5 Å². The molecule has 0 bridgehead atoms. The Balaban J connectivity index is 1.46. The molecule has 8 heteroatoms. The number of Topliss-reactive ketones (excluding diaryl/α,β-unsaturated/α-hetero) is 1. The first-order chi connectivity index (χ1) is 15.8. The molecular formula is C25H29N5O3. The third-order valence-electron chi connectivity index (χ3n) is 6.35. The SMILES string of the molecule is C[C@H](CCC(=O)[C@@H]1C[C@H](N)CN1C(=O)Nc1cn(C(N)=O)c2ccccc12)c1ccccc1. The summed E-state index contributed by atoms with van der Waals surface area (Å²) in [7, 11) is 0. The smallest absolute Gasteiger partial charge is 0.323 e. The van der Waals surface area contributed by atoms with Crippen LogP contribution < -0.4 is 16.8 Å². The number of hydrogen-bond donors (Lipinski definition) is 3. The number of likely N-dealkylation sites (tertiary alicyclic amines) is 1. The van der Waals surface area contributed by atoms with Gasteiger partial charge in [0.2, 0.25) is 0 Å². The summed E-state index contributed by atoms with van der Waals surface area (Å²) in [5.74, 6) is 0.257.